The van der Waals surface area contributed by atoms with Gasteiger partial charge in [-0.25, -0.2) is 0 Å². The van der Waals surface area contributed by atoms with Crippen LogP contribution in [-0.2, 0) is 20.8 Å². The van der Waals surface area contributed by atoms with Crippen molar-refractivity contribution in [1.29, 1.82) is 0 Å². The van der Waals surface area contributed by atoms with Crippen molar-refractivity contribution in [2.75, 3.05) is 0 Å². The van der Waals surface area contributed by atoms with E-state index in [0.717, 1.165) is 23.7 Å². The van der Waals surface area contributed by atoms with Crippen molar-refractivity contribution in [1.82, 2.24) is 0 Å². The standard InChI is InChI=1S/C30H36.2CH3.2ClH.Zr/c1-29(2)19-30(3,27-18-21(17-26(27)29)20-11-5-4-6-12-20)28-24-15-9-7-13-22(24)23-14-8-10-16-25(23)28;;;;;/h4-16,21-28H,17-19H2,1-3H3;2*1H3;2*1H;/q;2*-1;;;+4/p-2. The zero-order valence-electron chi connectivity index (χ0n) is 22.0. The van der Waals surface area contributed by atoms with Gasteiger partial charge in [-0.05, 0) is 83.0 Å². The van der Waals surface area contributed by atoms with Crippen molar-refractivity contribution in [3.05, 3.63) is 99.4 Å². The van der Waals surface area contributed by atoms with Gasteiger partial charge in [-0.3, -0.25) is 0 Å². The van der Waals surface area contributed by atoms with E-state index in [1.54, 1.807) is 5.56 Å². The number of halogens is 2. The number of rotatable bonds is 2. The Labute approximate surface area is 234 Å². The second-order valence-electron chi connectivity index (χ2n) is 11.9. The average Bonchev–Trinajstić information content (AvgIpc) is 3.46. The second kappa shape index (κ2) is 11.6. The number of benzene rings is 1. The molecule has 6 rings (SSSR count). The van der Waals surface area contributed by atoms with Gasteiger partial charge in [-0.15, -0.1) is 0 Å². The first-order valence-corrected chi connectivity index (χ1v) is 18.9. The predicted octanol–water partition coefficient (Wildman–Crippen LogP) is 9.86. The summed E-state index contributed by atoms with van der Waals surface area (Å²) in [7, 11) is 9.87. The van der Waals surface area contributed by atoms with E-state index >= 15 is 0 Å². The Hall–Kier alpha value is -0.357. The molecule has 3 heteroatoms. The number of allylic oxidation sites excluding steroid dienone is 8. The van der Waals surface area contributed by atoms with E-state index in [4.69, 9.17) is 17.0 Å². The molecule has 0 N–H and O–H groups in total. The first-order chi connectivity index (χ1) is 15.9. The van der Waals surface area contributed by atoms with Gasteiger partial charge in [0.25, 0.3) is 0 Å². The predicted molar refractivity (Wildman–Crippen MR) is 150 cm³/mol. The quantitative estimate of drug-likeness (QED) is 0.302. The molecular formula is C32H42Cl2Zr. The summed E-state index contributed by atoms with van der Waals surface area (Å²) in [5.41, 5.74) is 2.44. The molecule has 188 valence electrons. The van der Waals surface area contributed by atoms with E-state index < -0.39 is 20.8 Å². The maximum absolute atomic E-state index is 4.93. The van der Waals surface area contributed by atoms with Crippen LogP contribution in [0, 0.1) is 67.1 Å². The van der Waals surface area contributed by atoms with Crippen molar-refractivity contribution >= 4 is 17.0 Å². The monoisotopic (exact) mass is 586 g/mol. The van der Waals surface area contributed by atoms with E-state index in [-0.39, 0.29) is 14.9 Å². The summed E-state index contributed by atoms with van der Waals surface area (Å²) in [6.45, 7) is 7.87. The molecule has 8 unspecified atom stereocenters. The minimum atomic E-state index is -0.826. The Bertz CT molecular complexity index is 927. The van der Waals surface area contributed by atoms with Crippen LogP contribution in [0.15, 0.2) is 78.9 Å². The van der Waals surface area contributed by atoms with Crippen LogP contribution in [0.25, 0.3) is 0 Å². The van der Waals surface area contributed by atoms with Crippen molar-refractivity contribution in [3.8, 4) is 0 Å². The summed E-state index contributed by atoms with van der Waals surface area (Å²) in [4.78, 5) is 0. The molecule has 5 aliphatic carbocycles. The molecule has 0 bridgehead atoms. The molecule has 0 spiro atoms. The molecule has 35 heavy (non-hydrogen) atoms. The van der Waals surface area contributed by atoms with Gasteiger partial charge in [0, 0.05) is 0 Å². The fraction of sp³-hybridized carbons (Fsp3) is 0.500. The van der Waals surface area contributed by atoms with Crippen molar-refractivity contribution in [2.45, 2.75) is 46.0 Å². The Kier molecular flexibility index (Phi) is 9.66. The summed E-state index contributed by atoms with van der Waals surface area (Å²) in [6, 6.07) is 11.4. The van der Waals surface area contributed by atoms with Gasteiger partial charge >= 0.3 is 37.9 Å². The van der Waals surface area contributed by atoms with Crippen molar-refractivity contribution in [3.63, 3.8) is 0 Å². The Morgan fingerprint density at radius 1 is 0.714 bits per heavy atom. The van der Waals surface area contributed by atoms with Gasteiger partial charge in [-0.2, -0.15) is 0 Å². The molecule has 0 saturated heterocycles. The molecule has 0 heterocycles. The zero-order chi connectivity index (χ0) is 23.2. The molecular weight excluding hydrogens is 546 g/mol. The van der Waals surface area contributed by atoms with E-state index in [1.165, 1.54) is 19.3 Å². The van der Waals surface area contributed by atoms with Crippen LogP contribution in [-0.4, -0.2) is 0 Å². The number of fused-ring (bicyclic) bond motifs is 4. The summed E-state index contributed by atoms with van der Waals surface area (Å²) >= 11 is -0.826. The van der Waals surface area contributed by atoms with Gasteiger partial charge in [0.05, 0.1) is 0 Å². The molecule has 0 aromatic heterocycles. The SMILES string of the molecule is CC1(C)CC(C)(C2C3C=CC=CC3C3C=CC=CC32)C2CC(c3ccccc3)CC21.[CH3-].[CH3-].[Cl][Zr+2][Cl]. The number of hydrogen-bond donors (Lipinski definition) is 0. The third-order valence-electron chi connectivity index (χ3n) is 10.0. The van der Waals surface area contributed by atoms with E-state index in [2.05, 4.69) is 99.7 Å². The van der Waals surface area contributed by atoms with E-state index in [9.17, 15) is 0 Å². The molecule has 1 aromatic rings. The molecule has 3 saturated carbocycles. The maximum atomic E-state index is 4.93. The summed E-state index contributed by atoms with van der Waals surface area (Å²) in [6.07, 6.45) is 23.6. The first-order valence-electron chi connectivity index (χ1n) is 12.6. The van der Waals surface area contributed by atoms with Gasteiger partial charge in [0.2, 0.25) is 0 Å². The Balaban J connectivity index is 0.000000653. The van der Waals surface area contributed by atoms with Crippen LogP contribution in [0.5, 0.6) is 0 Å². The van der Waals surface area contributed by atoms with Crippen LogP contribution in [0.2, 0.25) is 0 Å². The van der Waals surface area contributed by atoms with Crippen LogP contribution in [0.4, 0.5) is 0 Å². The molecule has 1 aromatic carbocycles. The van der Waals surface area contributed by atoms with Gasteiger partial charge in [-0.1, -0.05) is 99.7 Å². The third kappa shape index (κ3) is 5.05. The average molecular weight is 589 g/mol. The van der Waals surface area contributed by atoms with Crippen LogP contribution in [0.1, 0.15) is 51.5 Å². The van der Waals surface area contributed by atoms with Gasteiger partial charge < -0.3 is 14.9 Å². The summed E-state index contributed by atoms with van der Waals surface area (Å²) < 4.78 is 0. The molecule has 0 nitrogen and oxygen atoms in total. The Morgan fingerprint density at radius 2 is 1.17 bits per heavy atom. The molecule has 0 amide bonds. The fourth-order valence-corrected chi connectivity index (χ4v) is 9.14. The molecule has 0 aliphatic heterocycles. The topological polar surface area (TPSA) is 0 Å². The van der Waals surface area contributed by atoms with Crippen LogP contribution < -0.4 is 0 Å². The van der Waals surface area contributed by atoms with E-state index in [0.29, 0.717) is 34.5 Å². The van der Waals surface area contributed by atoms with Gasteiger partial charge in [0.15, 0.2) is 0 Å². The second-order valence-corrected chi connectivity index (χ2v) is 15.6. The Morgan fingerprint density at radius 3 is 1.69 bits per heavy atom. The van der Waals surface area contributed by atoms with Crippen molar-refractivity contribution in [2.24, 2.45) is 52.3 Å². The van der Waals surface area contributed by atoms with Crippen LogP contribution in [0.3, 0.4) is 0 Å². The van der Waals surface area contributed by atoms with E-state index in [1.807, 2.05) is 0 Å². The number of hydrogen-bond acceptors (Lipinski definition) is 0. The molecule has 3 fully saturated rings. The first kappa shape index (κ1) is 29.2. The fourth-order valence-electron chi connectivity index (χ4n) is 9.14. The minimum absolute atomic E-state index is 0. The summed E-state index contributed by atoms with van der Waals surface area (Å²) in [5.74, 6) is 6.00. The molecule has 5 aliphatic rings. The zero-order valence-corrected chi connectivity index (χ0v) is 26.0. The summed E-state index contributed by atoms with van der Waals surface area (Å²) in [5, 5.41) is 0. The van der Waals surface area contributed by atoms with Crippen LogP contribution >= 0.6 is 17.0 Å². The molecule has 0 radical (unpaired) electrons. The normalized spacial score (nSPS) is 40.8. The third-order valence-corrected chi connectivity index (χ3v) is 10.0. The van der Waals surface area contributed by atoms with Gasteiger partial charge in [0.1, 0.15) is 0 Å². The molecule has 8 atom stereocenters. The van der Waals surface area contributed by atoms with Crippen molar-refractivity contribution < 1.29 is 20.8 Å².